The van der Waals surface area contributed by atoms with E-state index in [0.29, 0.717) is 6.07 Å². The minimum absolute atomic E-state index is 0.0746. The van der Waals surface area contributed by atoms with Gasteiger partial charge in [-0.1, -0.05) is 20.8 Å². The first-order chi connectivity index (χ1) is 8.55. The first kappa shape index (κ1) is 15.1. The van der Waals surface area contributed by atoms with E-state index in [9.17, 15) is 22.8 Å². The molecule has 0 bridgehead atoms. The normalized spacial score (nSPS) is 12.1. The van der Waals surface area contributed by atoms with Crippen LogP contribution in [0, 0.1) is 5.41 Å². The van der Waals surface area contributed by atoms with Crippen molar-refractivity contribution in [2.24, 2.45) is 5.41 Å². The van der Waals surface area contributed by atoms with E-state index in [4.69, 9.17) is 0 Å². The number of hydrogen-bond donors (Lipinski definition) is 1. The van der Waals surface area contributed by atoms with Crippen molar-refractivity contribution in [1.82, 2.24) is 4.98 Å². The van der Waals surface area contributed by atoms with Crippen LogP contribution in [-0.4, -0.2) is 17.2 Å². The molecule has 4 nitrogen and oxygen atoms in total. The van der Waals surface area contributed by atoms with Gasteiger partial charge < -0.3 is 5.32 Å². The van der Waals surface area contributed by atoms with Crippen molar-refractivity contribution in [3.05, 3.63) is 23.4 Å². The lowest BCUT2D eigenvalue weighted by molar-refractivity contribution is -0.138. The monoisotopic (exact) mass is 274 g/mol. The molecular weight excluding hydrogens is 261 g/mol. The number of anilines is 1. The molecule has 1 heterocycles. The Morgan fingerprint density at radius 3 is 2.32 bits per heavy atom. The number of aldehydes is 1. The largest absolute Gasteiger partial charge is 0.417 e. The fraction of sp³-hybridized carbons (Fsp3) is 0.417. The molecule has 104 valence electrons. The molecule has 1 amide bonds. The van der Waals surface area contributed by atoms with Crippen molar-refractivity contribution >= 4 is 18.0 Å². The Kier molecular flexibility index (Phi) is 3.97. The van der Waals surface area contributed by atoms with Gasteiger partial charge >= 0.3 is 6.18 Å². The van der Waals surface area contributed by atoms with Crippen molar-refractivity contribution in [3.8, 4) is 0 Å². The maximum atomic E-state index is 12.7. The lowest BCUT2D eigenvalue weighted by atomic mass is 9.96. The molecule has 0 saturated carbocycles. The van der Waals surface area contributed by atoms with E-state index < -0.39 is 28.6 Å². The third-order valence-electron chi connectivity index (χ3n) is 2.29. The van der Waals surface area contributed by atoms with Crippen LogP contribution in [0.4, 0.5) is 19.0 Å². The number of carbonyl (C=O) groups is 2. The summed E-state index contributed by atoms with van der Waals surface area (Å²) >= 11 is 0. The molecule has 1 aromatic rings. The van der Waals surface area contributed by atoms with E-state index >= 15 is 0 Å². The Morgan fingerprint density at radius 2 is 1.89 bits per heavy atom. The summed E-state index contributed by atoms with van der Waals surface area (Å²) in [6.45, 7) is 4.85. The van der Waals surface area contributed by atoms with Gasteiger partial charge in [0.25, 0.3) is 0 Å². The van der Waals surface area contributed by atoms with Gasteiger partial charge in [0.05, 0.1) is 5.56 Å². The summed E-state index contributed by atoms with van der Waals surface area (Å²) in [6.07, 6.45) is -3.82. The van der Waals surface area contributed by atoms with Crippen LogP contribution < -0.4 is 5.32 Å². The average Bonchev–Trinajstić information content (AvgIpc) is 2.26. The number of alkyl halides is 3. The number of nitrogens with one attached hydrogen (secondary N) is 1. The Balaban J connectivity index is 3.13. The summed E-state index contributed by atoms with van der Waals surface area (Å²) < 4.78 is 38.1. The first-order valence-corrected chi connectivity index (χ1v) is 5.39. The Labute approximate surface area is 108 Å². The molecule has 0 aliphatic rings. The van der Waals surface area contributed by atoms with Crippen LogP contribution in [0.2, 0.25) is 0 Å². The van der Waals surface area contributed by atoms with Crippen molar-refractivity contribution in [3.63, 3.8) is 0 Å². The number of nitrogens with zero attached hydrogens (tertiary/aromatic N) is 1. The molecule has 0 spiro atoms. The summed E-state index contributed by atoms with van der Waals surface area (Å²) in [6, 6.07) is 0.646. The molecule has 0 atom stereocenters. The second-order valence-electron chi connectivity index (χ2n) is 4.98. The number of pyridine rings is 1. The summed E-state index contributed by atoms with van der Waals surface area (Å²) in [5.74, 6) is -0.704. The number of aromatic nitrogens is 1. The Bertz CT molecular complexity index is 505. The third kappa shape index (κ3) is 3.77. The molecule has 1 rings (SSSR count). The summed E-state index contributed by atoms with van der Waals surface area (Å²) in [5.41, 5.74) is -2.45. The molecule has 0 fully saturated rings. The van der Waals surface area contributed by atoms with E-state index in [-0.39, 0.29) is 12.1 Å². The zero-order chi connectivity index (χ0) is 14.8. The number of hydrogen-bond acceptors (Lipinski definition) is 3. The van der Waals surface area contributed by atoms with Gasteiger partial charge in [-0.25, -0.2) is 4.98 Å². The number of halogens is 3. The molecular formula is C12H13F3N2O2. The van der Waals surface area contributed by atoms with Gasteiger partial charge in [0, 0.05) is 17.2 Å². The summed E-state index contributed by atoms with van der Waals surface area (Å²) in [4.78, 5) is 25.8. The molecule has 0 saturated heterocycles. The highest BCUT2D eigenvalue weighted by Gasteiger charge is 2.34. The van der Waals surface area contributed by atoms with Crippen LogP contribution in [-0.2, 0) is 11.0 Å². The van der Waals surface area contributed by atoms with Gasteiger partial charge in [0.1, 0.15) is 5.82 Å². The molecule has 0 radical (unpaired) electrons. The quantitative estimate of drug-likeness (QED) is 0.843. The minimum atomic E-state index is -4.68. The highest BCUT2D eigenvalue weighted by atomic mass is 19.4. The van der Waals surface area contributed by atoms with Crippen LogP contribution in [0.1, 0.15) is 36.7 Å². The van der Waals surface area contributed by atoms with E-state index in [0.717, 1.165) is 6.20 Å². The molecule has 0 unspecified atom stereocenters. The van der Waals surface area contributed by atoms with Crippen molar-refractivity contribution in [1.29, 1.82) is 0 Å². The fourth-order valence-corrected chi connectivity index (χ4v) is 1.18. The van der Waals surface area contributed by atoms with Crippen LogP contribution in [0.25, 0.3) is 0 Å². The number of rotatable bonds is 2. The predicted molar refractivity (Wildman–Crippen MR) is 62.7 cm³/mol. The van der Waals surface area contributed by atoms with E-state index in [1.54, 1.807) is 20.8 Å². The van der Waals surface area contributed by atoms with E-state index in [1.807, 2.05) is 0 Å². The van der Waals surface area contributed by atoms with E-state index in [1.165, 1.54) is 0 Å². The first-order valence-electron chi connectivity index (χ1n) is 5.39. The fourth-order valence-electron chi connectivity index (χ4n) is 1.18. The lowest BCUT2D eigenvalue weighted by Crippen LogP contribution is -2.28. The Morgan fingerprint density at radius 1 is 1.32 bits per heavy atom. The van der Waals surface area contributed by atoms with Gasteiger partial charge in [-0.2, -0.15) is 13.2 Å². The average molecular weight is 274 g/mol. The van der Waals surface area contributed by atoms with Gasteiger partial charge in [0.15, 0.2) is 6.29 Å². The number of carbonyl (C=O) groups excluding carboxylic acids is 2. The SMILES string of the molecule is CC(C)(C)C(=O)Nc1cc(C(F)(F)F)c(C=O)cn1. The van der Waals surface area contributed by atoms with E-state index in [2.05, 4.69) is 10.3 Å². The van der Waals surface area contributed by atoms with Crippen LogP contribution in [0.5, 0.6) is 0 Å². The van der Waals surface area contributed by atoms with Crippen molar-refractivity contribution in [2.45, 2.75) is 26.9 Å². The van der Waals surface area contributed by atoms with Gasteiger partial charge in [0.2, 0.25) is 5.91 Å². The molecule has 1 N–H and O–H groups in total. The zero-order valence-corrected chi connectivity index (χ0v) is 10.6. The molecule has 0 aliphatic carbocycles. The highest BCUT2D eigenvalue weighted by molar-refractivity contribution is 5.94. The second kappa shape index (κ2) is 4.99. The van der Waals surface area contributed by atoms with Gasteiger partial charge in [-0.15, -0.1) is 0 Å². The van der Waals surface area contributed by atoms with Crippen molar-refractivity contribution < 1.29 is 22.8 Å². The maximum absolute atomic E-state index is 12.7. The molecule has 19 heavy (non-hydrogen) atoms. The van der Waals surface area contributed by atoms with Crippen molar-refractivity contribution in [2.75, 3.05) is 5.32 Å². The smallest absolute Gasteiger partial charge is 0.310 e. The minimum Gasteiger partial charge on any atom is -0.310 e. The van der Waals surface area contributed by atoms with Crippen LogP contribution in [0.15, 0.2) is 12.3 Å². The van der Waals surface area contributed by atoms with Crippen LogP contribution in [0.3, 0.4) is 0 Å². The zero-order valence-electron chi connectivity index (χ0n) is 10.6. The predicted octanol–water partition coefficient (Wildman–Crippen LogP) is 2.90. The maximum Gasteiger partial charge on any atom is 0.417 e. The topological polar surface area (TPSA) is 59.1 Å². The summed E-state index contributed by atoms with van der Waals surface area (Å²) in [5, 5.41) is 2.28. The van der Waals surface area contributed by atoms with Gasteiger partial charge in [-0.3, -0.25) is 9.59 Å². The van der Waals surface area contributed by atoms with Gasteiger partial charge in [-0.05, 0) is 6.07 Å². The number of amides is 1. The lowest BCUT2D eigenvalue weighted by Gasteiger charge is -2.18. The van der Waals surface area contributed by atoms with Crippen LogP contribution >= 0.6 is 0 Å². The molecule has 0 aromatic carbocycles. The third-order valence-corrected chi connectivity index (χ3v) is 2.29. The highest BCUT2D eigenvalue weighted by Crippen LogP contribution is 2.32. The molecule has 0 aliphatic heterocycles. The second-order valence-corrected chi connectivity index (χ2v) is 4.98. The molecule has 1 aromatic heterocycles. The standard InChI is InChI=1S/C12H13F3N2O2/c1-11(2,3)10(19)17-9-4-8(12(13,14)15)7(6-18)5-16-9/h4-6H,1-3H3,(H,16,17,19). The summed E-state index contributed by atoms with van der Waals surface area (Å²) in [7, 11) is 0. The molecule has 7 heteroatoms. The Hall–Kier alpha value is -1.92.